The second kappa shape index (κ2) is 5.77. The summed E-state index contributed by atoms with van der Waals surface area (Å²) < 4.78 is 28.5. The maximum Gasteiger partial charge on any atom is 0.131 e. The second-order valence-corrected chi connectivity index (χ2v) is 5.10. The highest BCUT2D eigenvalue weighted by molar-refractivity contribution is 9.10. The van der Waals surface area contributed by atoms with Gasteiger partial charge in [-0.05, 0) is 36.2 Å². The molecule has 0 aliphatic heterocycles. The van der Waals surface area contributed by atoms with Crippen LogP contribution in [0.15, 0.2) is 40.9 Å². The maximum atomic E-state index is 13.8. The van der Waals surface area contributed by atoms with E-state index in [4.69, 9.17) is 5.84 Å². The van der Waals surface area contributed by atoms with Crippen molar-refractivity contribution in [3.8, 4) is 0 Å². The van der Waals surface area contributed by atoms with Crippen molar-refractivity contribution >= 4 is 15.9 Å². The minimum atomic E-state index is -0.738. The maximum absolute atomic E-state index is 13.8. The van der Waals surface area contributed by atoms with Crippen LogP contribution in [0, 0.1) is 18.6 Å². The normalized spacial score (nSPS) is 12.5. The molecule has 1 atom stereocenters. The fourth-order valence-corrected chi connectivity index (χ4v) is 2.32. The Labute approximate surface area is 118 Å². The molecular formula is C14H13BrF2N2. The standard InChI is InChI=1S/C14H13BrF2N2/c1-8-5-6-9(7-10(8)15)14(19-18)13-11(16)3-2-4-12(13)17/h2-7,14,19H,18H2,1H3. The van der Waals surface area contributed by atoms with Crippen LogP contribution >= 0.6 is 15.9 Å². The van der Waals surface area contributed by atoms with Gasteiger partial charge in [0.1, 0.15) is 11.6 Å². The average Bonchev–Trinajstić information content (AvgIpc) is 2.37. The van der Waals surface area contributed by atoms with Gasteiger partial charge in [-0.3, -0.25) is 5.84 Å². The highest BCUT2D eigenvalue weighted by Crippen LogP contribution is 2.29. The van der Waals surface area contributed by atoms with E-state index in [1.807, 2.05) is 13.0 Å². The van der Waals surface area contributed by atoms with Crippen LogP contribution in [0.3, 0.4) is 0 Å². The molecule has 0 saturated heterocycles. The van der Waals surface area contributed by atoms with E-state index < -0.39 is 17.7 Å². The summed E-state index contributed by atoms with van der Waals surface area (Å²) in [7, 11) is 0. The Bertz CT molecular complexity index is 582. The molecule has 0 amide bonds. The summed E-state index contributed by atoms with van der Waals surface area (Å²) in [5.41, 5.74) is 4.10. The van der Waals surface area contributed by atoms with E-state index in [0.29, 0.717) is 5.56 Å². The molecule has 0 aliphatic carbocycles. The first kappa shape index (κ1) is 14.1. The van der Waals surface area contributed by atoms with Crippen LogP contribution in [-0.4, -0.2) is 0 Å². The molecule has 0 radical (unpaired) electrons. The molecule has 100 valence electrons. The summed E-state index contributed by atoms with van der Waals surface area (Å²) in [6.45, 7) is 1.93. The quantitative estimate of drug-likeness (QED) is 0.668. The van der Waals surface area contributed by atoms with E-state index in [-0.39, 0.29) is 5.56 Å². The van der Waals surface area contributed by atoms with Crippen LogP contribution < -0.4 is 11.3 Å². The number of hydrazine groups is 1. The molecular weight excluding hydrogens is 314 g/mol. The molecule has 1 unspecified atom stereocenters. The number of nitrogens with two attached hydrogens (primary N) is 1. The molecule has 0 bridgehead atoms. The highest BCUT2D eigenvalue weighted by Gasteiger charge is 2.21. The summed E-state index contributed by atoms with van der Waals surface area (Å²) in [5, 5.41) is 0. The van der Waals surface area contributed by atoms with E-state index in [2.05, 4.69) is 21.4 Å². The van der Waals surface area contributed by atoms with Gasteiger partial charge < -0.3 is 0 Å². The second-order valence-electron chi connectivity index (χ2n) is 4.24. The van der Waals surface area contributed by atoms with E-state index in [9.17, 15) is 8.78 Å². The summed E-state index contributed by atoms with van der Waals surface area (Å²) >= 11 is 3.40. The number of benzene rings is 2. The van der Waals surface area contributed by atoms with Gasteiger partial charge in [0.05, 0.1) is 6.04 Å². The van der Waals surface area contributed by atoms with Crippen LogP contribution in [0.5, 0.6) is 0 Å². The molecule has 5 heteroatoms. The lowest BCUT2D eigenvalue weighted by atomic mass is 9.97. The van der Waals surface area contributed by atoms with Crippen molar-refractivity contribution in [2.45, 2.75) is 13.0 Å². The highest BCUT2D eigenvalue weighted by atomic mass is 79.9. The van der Waals surface area contributed by atoms with Gasteiger partial charge in [-0.1, -0.05) is 34.1 Å². The molecule has 0 aromatic heterocycles. The molecule has 19 heavy (non-hydrogen) atoms. The zero-order valence-corrected chi connectivity index (χ0v) is 11.8. The summed E-state index contributed by atoms with van der Waals surface area (Å²) in [6.07, 6.45) is 0. The molecule has 3 N–H and O–H groups in total. The van der Waals surface area contributed by atoms with Crippen molar-refractivity contribution in [3.63, 3.8) is 0 Å². The molecule has 2 aromatic carbocycles. The van der Waals surface area contributed by atoms with Gasteiger partial charge in [-0.25, -0.2) is 14.2 Å². The fourth-order valence-electron chi connectivity index (χ4n) is 1.92. The van der Waals surface area contributed by atoms with E-state index in [1.54, 1.807) is 12.1 Å². The van der Waals surface area contributed by atoms with Crippen LogP contribution in [0.25, 0.3) is 0 Å². The van der Waals surface area contributed by atoms with E-state index in [0.717, 1.165) is 10.0 Å². The van der Waals surface area contributed by atoms with Gasteiger partial charge in [0.2, 0.25) is 0 Å². The first-order valence-electron chi connectivity index (χ1n) is 5.70. The number of rotatable bonds is 3. The summed E-state index contributed by atoms with van der Waals surface area (Å²) in [6, 6.07) is 8.47. The van der Waals surface area contributed by atoms with Gasteiger partial charge >= 0.3 is 0 Å². The third-order valence-electron chi connectivity index (χ3n) is 2.98. The van der Waals surface area contributed by atoms with Gasteiger partial charge in [-0.2, -0.15) is 0 Å². The zero-order valence-electron chi connectivity index (χ0n) is 10.3. The molecule has 2 nitrogen and oxygen atoms in total. The molecule has 0 heterocycles. The van der Waals surface area contributed by atoms with Crippen molar-refractivity contribution in [3.05, 3.63) is 69.2 Å². The first-order chi connectivity index (χ1) is 9.04. The number of nitrogens with one attached hydrogen (secondary N) is 1. The third-order valence-corrected chi connectivity index (χ3v) is 3.84. The number of hydrogen-bond acceptors (Lipinski definition) is 2. The van der Waals surface area contributed by atoms with Crippen LogP contribution in [-0.2, 0) is 0 Å². The van der Waals surface area contributed by atoms with Crippen molar-refractivity contribution in [1.82, 2.24) is 5.43 Å². The Morgan fingerprint density at radius 3 is 2.32 bits per heavy atom. The topological polar surface area (TPSA) is 38.0 Å². The zero-order chi connectivity index (χ0) is 14.0. The van der Waals surface area contributed by atoms with Gasteiger partial charge in [0.15, 0.2) is 0 Å². The SMILES string of the molecule is Cc1ccc(C(NN)c2c(F)cccc2F)cc1Br. The molecule has 2 rings (SSSR count). The Hall–Kier alpha value is -1.30. The van der Waals surface area contributed by atoms with Gasteiger partial charge in [0, 0.05) is 10.0 Å². The lowest BCUT2D eigenvalue weighted by Gasteiger charge is -2.19. The smallest absolute Gasteiger partial charge is 0.131 e. The van der Waals surface area contributed by atoms with Crippen LogP contribution in [0.4, 0.5) is 8.78 Å². The van der Waals surface area contributed by atoms with Crippen molar-refractivity contribution in [1.29, 1.82) is 0 Å². The minimum Gasteiger partial charge on any atom is -0.271 e. The van der Waals surface area contributed by atoms with Gasteiger partial charge in [-0.15, -0.1) is 0 Å². The van der Waals surface area contributed by atoms with Crippen molar-refractivity contribution in [2.24, 2.45) is 5.84 Å². The third kappa shape index (κ3) is 2.83. The van der Waals surface area contributed by atoms with Gasteiger partial charge in [0.25, 0.3) is 0 Å². The van der Waals surface area contributed by atoms with Crippen LogP contribution in [0.2, 0.25) is 0 Å². The fraction of sp³-hybridized carbons (Fsp3) is 0.143. The minimum absolute atomic E-state index is 0.0826. The predicted molar refractivity (Wildman–Crippen MR) is 74.4 cm³/mol. The predicted octanol–water partition coefficient (Wildman–Crippen LogP) is 3.59. The number of hydrogen-bond donors (Lipinski definition) is 2. The largest absolute Gasteiger partial charge is 0.271 e. The summed E-state index contributed by atoms with van der Waals surface area (Å²) in [5.74, 6) is 4.21. The number of halogens is 3. The van der Waals surface area contributed by atoms with Crippen molar-refractivity contribution < 1.29 is 8.78 Å². The Morgan fingerprint density at radius 1 is 1.16 bits per heavy atom. The monoisotopic (exact) mass is 326 g/mol. The van der Waals surface area contributed by atoms with E-state index >= 15 is 0 Å². The Morgan fingerprint density at radius 2 is 1.79 bits per heavy atom. The molecule has 0 aliphatic rings. The molecule has 2 aromatic rings. The first-order valence-corrected chi connectivity index (χ1v) is 6.50. The Kier molecular flexibility index (Phi) is 4.29. The number of aryl methyl sites for hydroxylation is 1. The summed E-state index contributed by atoms with van der Waals surface area (Å²) in [4.78, 5) is 0. The molecule has 0 spiro atoms. The van der Waals surface area contributed by atoms with Crippen molar-refractivity contribution in [2.75, 3.05) is 0 Å². The molecule has 0 saturated carbocycles. The van der Waals surface area contributed by atoms with E-state index in [1.165, 1.54) is 18.2 Å². The van der Waals surface area contributed by atoms with Crippen LogP contribution in [0.1, 0.15) is 22.7 Å². The lowest BCUT2D eigenvalue weighted by Crippen LogP contribution is -2.30. The lowest BCUT2D eigenvalue weighted by molar-refractivity contribution is 0.510. The Balaban J connectivity index is 2.53. The molecule has 0 fully saturated rings. The average molecular weight is 327 g/mol.